The van der Waals surface area contributed by atoms with Crippen LogP contribution in [0.1, 0.15) is 30.2 Å². The zero-order valence-electron chi connectivity index (χ0n) is 11.9. The van der Waals surface area contributed by atoms with Gasteiger partial charge in [-0.15, -0.1) is 11.3 Å². The minimum absolute atomic E-state index is 0.684. The Bertz CT molecular complexity index is 517. The molecule has 1 fully saturated rings. The molecule has 20 heavy (non-hydrogen) atoms. The average molecular weight is 287 g/mol. The van der Waals surface area contributed by atoms with Crippen LogP contribution in [0.25, 0.3) is 0 Å². The summed E-state index contributed by atoms with van der Waals surface area (Å²) in [7, 11) is 0. The smallest absolute Gasteiger partial charge is 0.129 e. The molecule has 2 aromatic heterocycles. The molecule has 2 heterocycles. The number of nitrogens with one attached hydrogen (secondary N) is 1. The molecular weight excluding hydrogens is 266 g/mol. The second-order valence-electron chi connectivity index (χ2n) is 5.24. The molecule has 1 saturated carbocycles. The van der Waals surface area contributed by atoms with Crippen molar-refractivity contribution >= 4 is 17.2 Å². The van der Waals surface area contributed by atoms with Gasteiger partial charge >= 0.3 is 0 Å². The number of hydrogen-bond acceptors (Lipinski definition) is 4. The predicted molar refractivity (Wildman–Crippen MR) is 85.1 cm³/mol. The van der Waals surface area contributed by atoms with Crippen molar-refractivity contribution in [3.05, 3.63) is 46.3 Å². The van der Waals surface area contributed by atoms with Gasteiger partial charge in [-0.3, -0.25) is 0 Å². The van der Waals surface area contributed by atoms with E-state index >= 15 is 0 Å². The van der Waals surface area contributed by atoms with Crippen molar-refractivity contribution in [2.24, 2.45) is 0 Å². The Morgan fingerprint density at radius 3 is 2.85 bits per heavy atom. The lowest BCUT2D eigenvalue weighted by Crippen LogP contribution is -2.25. The number of aromatic nitrogens is 1. The Labute approximate surface area is 124 Å². The highest BCUT2D eigenvalue weighted by atomic mass is 32.1. The van der Waals surface area contributed by atoms with Gasteiger partial charge in [0.1, 0.15) is 5.82 Å². The topological polar surface area (TPSA) is 28.2 Å². The fourth-order valence-electron chi connectivity index (χ4n) is 2.31. The highest BCUT2D eigenvalue weighted by Gasteiger charge is 2.30. The lowest BCUT2D eigenvalue weighted by atomic mass is 10.2. The standard InChI is InChI=1S/C16H21N3S/c1-2-17-10-13-5-8-16(18-11-13)19(14-6-7-14)12-15-4-3-9-20-15/h3-5,8-9,11,14,17H,2,6-7,10,12H2,1H3. The van der Waals surface area contributed by atoms with Crippen LogP contribution in [0.2, 0.25) is 0 Å². The molecular formula is C16H21N3S. The first-order chi connectivity index (χ1) is 9.86. The first-order valence-electron chi connectivity index (χ1n) is 7.31. The van der Waals surface area contributed by atoms with Crippen LogP contribution >= 0.6 is 11.3 Å². The van der Waals surface area contributed by atoms with E-state index in [0.29, 0.717) is 6.04 Å². The monoisotopic (exact) mass is 287 g/mol. The largest absolute Gasteiger partial charge is 0.348 e. The SMILES string of the molecule is CCNCc1ccc(N(Cc2cccs2)C2CC2)nc1. The minimum Gasteiger partial charge on any atom is -0.348 e. The summed E-state index contributed by atoms with van der Waals surface area (Å²) in [6.45, 7) is 5.01. The molecule has 106 valence electrons. The lowest BCUT2D eigenvalue weighted by Gasteiger charge is -2.23. The molecule has 3 rings (SSSR count). The Kier molecular flexibility index (Phi) is 4.33. The van der Waals surface area contributed by atoms with Crippen LogP contribution in [0, 0.1) is 0 Å². The summed E-state index contributed by atoms with van der Waals surface area (Å²) in [5.41, 5.74) is 1.25. The molecule has 1 aliphatic carbocycles. The number of rotatable bonds is 7. The summed E-state index contributed by atoms with van der Waals surface area (Å²) in [4.78, 5) is 8.52. The van der Waals surface area contributed by atoms with Crippen molar-refractivity contribution in [3.8, 4) is 0 Å². The summed E-state index contributed by atoms with van der Waals surface area (Å²) in [5, 5.41) is 5.48. The van der Waals surface area contributed by atoms with E-state index in [4.69, 9.17) is 0 Å². The zero-order valence-corrected chi connectivity index (χ0v) is 12.7. The second kappa shape index (κ2) is 6.37. The molecule has 2 aromatic rings. The maximum atomic E-state index is 4.66. The van der Waals surface area contributed by atoms with Gasteiger partial charge in [0.15, 0.2) is 0 Å². The molecule has 4 heteroatoms. The van der Waals surface area contributed by atoms with Crippen molar-refractivity contribution in [1.29, 1.82) is 0 Å². The molecule has 1 N–H and O–H groups in total. The van der Waals surface area contributed by atoms with Crippen molar-refractivity contribution in [1.82, 2.24) is 10.3 Å². The van der Waals surface area contributed by atoms with Gasteiger partial charge in [0.05, 0.1) is 6.54 Å². The van der Waals surface area contributed by atoms with Crippen molar-refractivity contribution < 1.29 is 0 Å². The van der Waals surface area contributed by atoms with Gasteiger partial charge in [0.25, 0.3) is 0 Å². The molecule has 0 amide bonds. The van der Waals surface area contributed by atoms with Crippen LogP contribution in [0.4, 0.5) is 5.82 Å². The van der Waals surface area contributed by atoms with E-state index in [1.807, 2.05) is 17.5 Å². The molecule has 0 unspecified atom stereocenters. The second-order valence-corrected chi connectivity index (χ2v) is 6.28. The predicted octanol–water partition coefficient (Wildman–Crippen LogP) is 3.42. The van der Waals surface area contributed by atoms with E-state index in [2.05, 4.69) is 51.8 Å². The summed E-state index contributed by atoms with van der Waals surface area (Å²) in [6.07, 6.45) is 4.60. The van der Waals surface area contributed by atoms with Crippen LogP contribution < -0.4 is 10.2 Å². The molecule has 3 nitrogen and oxygen atoms in total. The number of hydrogen-bond donors (Lipinski definition) is 1. The highest BCUT2D eigenvalue weighted by molar-refractivity contribution is 7.09. The Hall–Kier alpha value is -1.39. The quantitative estimate of drug-likeness (QED) is 0.845. The van der Waals surface area contributed by atoms with Crippen LogP contribution in [-0.4, -0.2) is 17.6 Å². The van der Waals surface area contributed by atoms with Crippen LogP contribution in [0.3, 0.4) is 0 Å². The molecule has 0 aromatic carbocycles. The first-order valence-corrected chi connectivity index (χ1v) is 8.19. The molecule has 0 radical (unpaired) electrons. The maximum absolute atomic E-state index is 4.66. The fraction of sp³-hybridized carbons (Fsp3) is 0.438. The third kappa shape index (κ3) is 3.38. The lowest BCUT2D eigenvalue weighted by molar-refractivity contribution is 0.722. The van der Waals surface area contributed by atoms with Crippen LogP contribution in [0.15, 0.2) is 35.8 Å². The summed E-state index contributed by atoms with van der Waals surface area (Å²) < 4.78 is 0. The summed E-state index contributed by atoms with van der Waals surface area (Å²) in [6, 6.07) is 9.37. The van der Waals surface area contributed by atoms with Gasteiger partial charge in [-0.2, -0.15) is 0 Å². The van der Waals surface area contributed by atoms with Crippen molar-refractivity contribution in [2.45, 2.75) is 38.9 Å². The first kappa shape index (κ1) is 13.6. The molecule has 0 spiro atoms. The molecule has 0 atom stereocenters. The van der Waals surface area contributed by atoms with E-state index < -0.39 is 0 Å². The van der Waals surface area contributed by atoms with E-state index in [0.717, 1.165) is 25.5 Å². The molecule has 1 aliphatic rings. The third-order valence-electron chi connectivity index (χ3n) is 3.58. The maximum Gasteiger partial charge on any atom is 0.129 e. The van der Waals surface area contributed by atoms with Gasteiger partial charge in [-0.05, 0) is 42.5 Å². The van der Waals surface area contributed by atoms with E-state index in [9.17, 15) is 0 Å². The summed E-state index contributed by atoms with van der Waals surface area (Å²) >= 11 is 1.83. The minimum atomic E-state index is 0.684. The Balaban J connectivity index is 1.70. The van der Waals surface area contributed by atoms with Crippen LogP contribution in [-0.2, 0) is 13.1 Å². The van der Waals surface area contributed by atoms with Gasteiger partial charge < -0.3 is 10.2 Å². The molecule has 0 aliphatic heterocycles. The molecule has 0 bridgehead atoms. The Morgan fingerprint density at radius 2 is 2.25 bits per heavy atom. The van der Waals surface area contributed by atoms with E-state index in [1.165, 1.54) is 23.3 Å². The highest BCUT2D eigenvalue weighted by Crippen LogP contribution is 2.32. The molecule has 0 saturated heterocycles. The van der Waals surface area contributed by atoms with E-state index in [-0.39, 0.29) is 0 Å². The number of thiophene rings is 1. The number of pyridine rings is 1. The van der Waals surface area contributed by atoms with Crippen molar-refractivity contribution in [3.63, 3.8) is 0 Å². The van der Waals surface area contributed by atoms with Gasteiger partial charge in [-0.1, -0.05) is 19.1 Å². The number of anilines is 1. The van der Waals surface area contributed by atoms with E-state index in [1.54, 1.807) is 0 Å². The average Bonchev–Trinajstić information content (AvgIpc) is 3.20. The third-order valence-corrected chi connectivity index (χ3v) is 4.44. The summed E-state index contributed by atoms with van der Waals surface area (Å²) in [5.74, 6) is 1.11. The van der Waals surface area contributed by atoms with Gasteiger partial charge in [0.2, 0.25) is 0 Å². The Morgan fingerprint density at radius 1 is 1.35 bits per heavy atom. The van der Waals surface area contributed by atoms with Crippen molar-refractivity contribution in [2.75, 3.05) is 11.4 Å². The normalized spacial score (nSPS) is 14.4. The zero-order chi connectivity index (χ0) is 13.8. The van der Waals surface area contributed by atoms with Gasteiger partial charge in [-0.25, -0.2) is 4.98 Å². The van der Waals surface area contributed by atoms with Gasteiger partial charge in [0, 0.05) is 23.7 Å². The number of nitrogens with zero attached hydrogens (tertiary/aromatic N) is 2. The fourth-order valence-corrected chi connectivity index (χ4v) is 3.02. The van der Waals surface area contributed by atoms with Crippen LogP contribution in [0.5, 0.6) is 0 Å².